The molecule has 1 aromatic rings. The van der Waals surface area contributed by atoms with Crippen molar-refractivity contribution < 1.29 is 22.3 Å². The van der Waals surface area contributed by atoms with Gasteiger partial charge >= 0.3 is 6.36 Å². The molecule has 0 saturated carbocycles. The molecule has 0 aliphatic heterocycles. The molecule has 14 heavy (non-hydrogen) atoms. The van der Waals surface area contributed by atoms with Crippen molar-refractivity contribution in [3.63, 3.8) is 0 Å². The number of halogens is 4. The van der Waals surface area contributed by atoms with Gasteiger partial charge in [-0.15, -0.1) is 13.2 Å². The van der Waals surface area contributed by atoms with Crippen LogP contribution in [0.5, 0.6) is 5.75 Å². The summed E-state index contributed by atoms with van der Waals surface area (Å²) in [6.45, 7) is 3.12. The lowest BCUT2D eigenvalue weighted by atomic mass is 10.2. The van der Waals surface area contributed by atoms with E-state index in [1.54, 1.807) is 0 Å². The van der Waals surface area contributed by atoms with Crippen molar-refractivity contribution in [1.82, 2.24) is 0 Å². The van der Waals surface area contributed by atoms with E-state index < -0.39 is 17.9 Å². The van der Waals surface area contributed by atoms with Gasteiger partial charge in [0.05, 0.1) is 0 Å². The van der Waals surface area contributed by atoms with Crippen LogP contribution in [0.2, 0.25) is 0 Å². The second-order valence-corrected chi connectivity index (χ2v) is 2.37. The average Bonchev–Trinajstić information content (AvgIpc) is 2.06. The number of hydrogen-bond acceptors (Lipinski definition) is 1. The summed E-state index contributed by atoms with van der Waals surface area (Å²) in [5.41, 5.74) is -0.165. The van der Waals surface area contributed by atoms with Crippen LogP contribution in [0.4, 0.5) is 17.6 Å². The zero-order valence-electron chi connectivity index (χ0n) is 6.86. The number of benzene rings is 1. The molecule has 0 heterocycles. The molecule has 0 spiro atoms. The standard InChI is InChI=1S/C9H5F4O/c1-2-6-5-7(10)3-4-8(6)14-9(11,12)13/h3-5H,1H2. The fraction of sp³-hybridized carbons (Fsp3) is 0.111. The van der Waals surface area contributed by atoms with E-state index in [1.807, 2.05) is 0 Å². The summed E-state index contributed by atoms with van der Waals surface area (Å²) in [7, 11) is 0. The van der Waals surface area contributed by atoms with Crippen LogP contribution in [0.1, 0.15) is 5.56 Å². The molecule has 1 rings (SSSR count). The highest BCUT2D eigenvalue weighted by Crippen LogP contribution is 2.26. The van der Waals surface area contributed by atoms with Crippen molar-refractivity contribution in [2.24, 2.45) is 0 Å². The Kier molecular flexibility index (Phi) is 2.78. The molecular weight excluding hydrogens is 200 g/mol. The highest BCUT2D eigenvalue weighted by molar-refractivity contribution is 5.37. The van der Waals surface area contributed by atoms with Crippen molar-refractivity contribution in [3.05, 3.63) is 42.2 Å². The molecule has 0 aliphatic carbocycles. The van der Waals surface area contributed by atoms with Gasteiger partial charge in [0.1, 0.15) is 11.6 Å². The lowest BCUT2D eigenvalue weighted by molar-refractivity contribution is -0.274. The molecule has 0 aromatic heterocycles. The van der Waals surface area contributed by atoms with Gasteiger partial charge in [-0.05, 0) is 24.3 Å². The molecule has 0 saturated heterocycles. The monoisotopic (exact) mass is 205 g/mol. The summed E-state index contributed by atoms with van der Waals surface area (Å²) in [4.78, 5) is 0. The summed E-state index contributed by atoms with van der Waals surface area (Å²) in [6.07, 6.45) is -2.66. The maximum atomic E-state index is 12.6. The normalized spacial score (nSPS) is 11.1. The van der Waals surface area contributed by atoms with Gasteiger partial charge in [-0.3, -0.25) is 0 Å². The summed E-state index contributed by atoms with van der Waals surface area (Å²) >= 11 is 0. The van der Waals surface area contributed by atoms with E-state index in [1.165, 1.54) is 0 Å². The topological polar surface area (TPSA) is 9.23 Å². The van der Waals surface area contributed by atoms with Gasteiger partial charge < -0.3 is 4.74 Å². The first kappa shape index (κ1) is 10.6. The second-order valence-electron chi connectivity index (χ2n) is 2.37. The quantitative estimate of drug-likeness (QED) is 0.674. The van der Waals surface area contributed by atoms with Crippen LogP contribution < -0.4 is 4.74 Å². The number of alkyl halides is 3. The molecule has 1 nitrogen and oxygen atoms in total. The SMILES string of the molecule is C=[C]c1cc(F)ccc1OC(F)(F)F. The Hall–Kier alpha value is -1.52. The minimum absolute atomic E-state index is 0.165. The van der Waals surface area contributed by atoms with Crippen molar-refractivity contribution in [3.8, 4) is 5.75 Å². The maximum absolute atomic E-state index is 12.6. The van der Waals surface area contributed by atoms with Crippen LogP contribution in [0, 0.1) is 11.9 Å². The van der Waals surface area contributed by atoms with Crippen LogP contribution in [-0.4, -0.2) is 6.36 Å². The number of ether oxygens (including phenoxy) is 1. The first-order chi connectivity index (χ1) is 6.42. The predicted octanol–water partition coefficient (Wildman–Crippen LogP) is 3.06. The van der Waals surface area contributed by atoms with E-state index in [0.29, 0.717) is 0 Å². The minimum Gasteiger partial charge on any atom is -0.405 e. The molecule has 0 bridgehead atoms. The number of hydrogen-bond donors (Lipinski definition) is 0. The van der Waals surface area contributed by atoms with Crippen molar-refractivity contribution in [1.29, 1.82) is 0 Å². The molecule has 0 aliphatic rings. The molecule has 0 atom stereocenters. The highest BCUT2D eigenvalue weighted by atomic mass is 19.4. The van der Waals surface area contributed by atoms with E-state index in [2.05, 4.69) is 17.4 Å². The van der Waals surface area contributed by atoms with Gasteiger partial charge in [0.15, 0.2) is 0 Å². The van der Waals surface area contributed by atoms with E-state index in [9.17, 15) is 17.6 Å². The van der Waals surface area contributed by atoms with E-state index in [0.717, 1.165) is 18.2 Å². The first-order valence-corrected chi connectivity index (χ1v) is 3.51. The average molecular weight is 205 g/mol. The van der Waals surface area contributed by atoms with Crippen LogP contribution in [0.3, 0.4) is 0 Å². The zero-order chi connectivity index (χ0) is 10.8. The lowest BCUT2D eigenvalue weighted by Gasteiger charge is -2.10. The smallest absolute Gasteiger partial charge is 0.405 e. The van der Waals surface area contributed by atoms with Crippen LogP contribution in [-0.2, 0) is 0 Å². The molecule has 75 valence electrons. The zero-order valence-corrected chi connectivity index (χ0v) is 6.86. The summed E-state index contributed by atoms with van der Waals surface area (Å²) in [5.74, 6) is -1.19. The van der Waals surface area contributed by atoms with E-state index in [4.69, 9.17) is 0 Å². The Morgan fingerprint density at radius 1 is 1.29 bits per heavy atom. The largest absolute Gasteiger partial charge is 0.573 e. The Balaban J connectivity index is 3.03. The first-order valence-electron chi connectivity index (χ1n) is 3.51. The third kappa shape index (κ3) is 2.76. The van der Waals surface area contributed by atoms with Crippen LogP contribution in [0.15, 0.2) is 24.8 Å². The summed E-state index contributed by atoms with van der Waals surface area (Å²) in [5, 5.41) is 0. The van der Waals surface area contributed by atoms with Gasteiger partial charge in [-0.25, -0.2) is 4.39 Å². The summed E-state index contributed by atoms with van der Waals surface area (Å²) in [6, 6.07) is 2.59. The molecule has 0 N–H and O–H groups in total. The van der Waals surface area contributed by atoms with Crippen molar-refractivity contribution in [2.75, 3.05) is 0 Å². The number of rotatable bonds is 2. The van der Waals surface area contributed by atoms with E-state index >= 15 is 0 Å². The fourth-order valence-electron chi connectivity index (χ4n) is 0.854. The Morgan fingerprint density at radius 3 is 2.43 bits per heavy atom. The highest BCUT2D eigenvalue weighted by Gasteiger charge is 2.31. The Morgan fingerprint density at radius 2 is 1.93 bits per heavy atom. The molecule has 0 unspecified atom stereocenters. The molecule has 1 radical (unpaired) electrons. The fourth-order valence-corrected chi connectivity index (χ4v) is 0.854. The van der Waals surface area contributed by atoms with Gasteiger partial charge in [-0.2, -0.15) is 0 Å². The van der Waals surface area contributed by atoms with Crippen molar-refractivity contribution in [2.45, 2.75) is 6.36 Å². The molecule has 0 fully saturated rings. The Bertz CT molecular complexity index is 343. The van der Waals surface area contributed by atoms with Crippen molar-refractivity contribution >= 4 is 0 Å². The van der Waals surface area contributed by atoms with Gasteiger partial charge in [0.25, 0.3) is 0 Å². The molecular formula is C9H5F4O. The predicted molar refractivity (Wildman–Crippen MR) is 41.1 cm³/mol. The Labute approximate surface area is 77.6 Å². The third-order valence-electron chi connectivity index (χ3n) is 1.36. The molecule has 0 amide bonds. The van der Waals surface area contributed by atoms with Gasteiger partial charge in [0.2, 0.25) is 0 Å². The maximum Gasteiger partial charge on any atom is 0.573 e. The molecule has 1 aromatic carbocycles. The van der Waals surface area contributed by atoms with E-state index in [-0.39, 0.29) is 5.56 Å². The third-order valence-corrected chi connectivity index (χ3v) is 1.36. The van der Waals surface area contributed by atoms with Gasteiger partial charge in [-0.1, -0.05) is 6.58 Å². The van der Waals surface area contributed by atoms with Crippen LogP contribution in [0.25, 0.3) is 0 Å². The second kappa shape index (κ2) is 3.69. The lowest BCUT2D eigenvalue weighted by Crippen LogP contribution is -2.17. The van der Waals surface area contributed by atoms with Gasteiger partial charge in [0, 0.05) is 5.56 Å². The minimum atomic E-state index is -4.80. The summed E-state index contributed by atoms with van der Waals surface area (Å²) < 4.78 is 51.6. The van der Waals surface area contributed by atoms with Crippen LogP contribution >= 0.6 is 0 Å². The molecule has 5 heteroatoms.